The van der Waals surface area contributed by atoms with Gasteiger partial charge in [-0.3, -0.25) is 9.59 Å². The van der Waals surface area contributed by atoms with E-state index < -0.39 is 0 Å². The van der Waals surface area contributed by atoms with Gasteiger partial charge in [0.15, 0.2) is 0 Å². The van der Waals surface area contributed by atoms with Crippen molar-refractivity contribution < 1.29 is 4.79 Å². The van der Waals surface area contributed by atoms with E-state index in [0.717, 1.165) is 12.1 Å². The summed E-state index contributed by atoms with van der Waals surface area (Å²) in [7, 11) is 0. The van der Waals surface area contributed by atoms with Crippen LogP contribution in [0.4, 0.5) is 5.95 Å². The molecule has 0 aliphatic carbocycles. The molecule has 1 N–H and O–H groups in total. The molecule has 0 saturated carbocycles. The molecular weight excluding hydrogens is 318 g/mol. The van der Waals surface area contributed by atoms with Crippen LogP contribution in [-0.2, 0) is 6.42 Å². The standard InChI is InChI=1S/C18H23N5O2/c1-13(2)10-15-11-14(12-16(24)21-15)17(25)22-6-8-23(9-7-22)18-19-4-3-5-20-18/h3-5,11-13H,6-10H2,1-2H3,(H,21,24). The van der Waals surface area contributed by atoms with Gasteiger partial charge in [0.2, 0.25) is 11.5 Å². The third-order valence-electron chi connectivity index (χ3n) is 4.18. The number of amides is 1. The third-order valence-corrected chi connectivity index (χ3v) is 4.18. The number of nitrogens with one attached hydrogen (secondary N) is 1. The fourth-order valence-electron chi connectivity index (χ4n) is 3.02. The van der Waals surface area contributed by atoms with Crippen molar-refractivity contribution >= 4 is 11.9 Å². The van der Waals surface area contributed by atoms with Gasteiger partial charge in [-0.2, -0.15) is 0 Å². The lowest BCUT2D eigenvalue weighted by molar-refractivity contribution is 0.0746. The van der Waals surface area contributed by atoms with Crippen LogP contribution in [0.5, 0.6) is 0 Å². The van der Waals surface area contributed by atoms with Crippen LogP contribution < -0.4 is 10.5 Å². The number of hydrogen-bond acceptors (Lipinski definition) is 5. The highest BCUT2D eigenvalue weighted by Crippen LogP contribution is 2.13. The smallest absolute Gasteiger partial charge is 0.254 e. The maximum atomic E-state index is 12.8. The molecule has 7 nitrogen and oxygen atoms in total. The van der Waals surface area contributed by atoms with Crippen molar-refractivity contribution in [2.24, 2.45) is 5.92 Å². The average Bonchev–Trinajstić information content (AvgIpc) is 2.61. The fourth-order valence-corrected chi connectivity index (χ4v) is 3.02. The summed E-state index contributed by atoms with van der Waals surface area (Å²) in [5.74, 6) is 1.00. The molecule has 0 bridgehead atoms. The van der Waals surface area contributed by atoms with Gasteiger partial charge < -0.3 is 14.8 Å². The van der Waals surface area contributed by atoms with E-state index in [9.17, 15) is 9.59 Å². The first-order valence-electron chi connectivity index (χ1n) is 8.57. The van der Waals surface area contributed by atoms with Gasteiger partial charge in [0, 0.05) is 55.9 Å². The number of nitrogens with zero attached hydrogens (tertiary/aromatic N) is 4. The second-order valence-electron chi connectivity index (χ2n) is 6.68. The molecule has 0 spiro atoms. The number of H-pyrrole nitrogens is 1. The molecule has 1 aliphatic rings. The average molecular weight is 341 g/mol. The topological polar surface area (TPSA) is 82.2 Å². The van der Waals surface area contributed by atoms with E-state index in [-0.39, 0.29) is 11.5 Å². The van der Waals surface area contributed by atoms with E-state index in [0.29, 0.717) is 43.6 Å². The minimum Gasteiger partial charge on any atom is -0.337 e. The van der Waals surface area contributed by atoms with Gasteiger partial charge in [-0.05, 0) is 24.5 Å². The molecule has 3 heterocycles. The lowest BCUT2D eigenvalue weighted by Crippen LogP contribution is -2.49. The normalized spacial score (nSPS) is 14.8. The van der Waals surface area contributed by atoms with E-state index in [2.05, 4.69) is 33.7 Å². The summed E-state index contributed by atoms with van der Waals surface area (Å²) in [6, 6.07) is 4.97. The van der Waals surface area contributed by atoms with E-state index >= 15 is 0 Å². The Morgan fingerprint density at radius 3 is 2.48 bits per heavy atom. The van der Waals surface area contributed by atoms with Gasteiger partial charge in [-0.15, -0.1) is 0 Å². The molecule has 25 heavy (non-hydrogen) atoms. The number of hydrogen-bond donors (Lipinski definition) is 1. The first kappa shape index (κ1) is 17.1. The largest absolute Gasteiger partial charge is 0.337 e. The Kier molecular flexibility index (Phi) is 5.11. The van der Waals surface area contributed by atoms with E-state index in [1.807, 2.05) is 0 Å². The SMILES string of the molecule is CC(C)Cc1cc(C(=O)N2CCN(c3ncccn3)CC2)cc(=O)[nH]1. The molecule has 2 aromatic rings. The summed E-state index contributed by atoms with van der Waals surface area (Å²) >= 11 is 0. The zero-order valence-electron chi connectivity index (χ0n) is 14.6. The Hall–Kier alpha value is -2.70. The van der Waals surface area contributed by atoms with Crippen LogP contribution in [0, 0.1) is 5.92 Å². The quantitative estimate of drug-likeness (QED) is 0.907. The number of rotatable bonds is 4. The number of anilines is 1. The molecule has 0 aromatic carbocycles. The summed E-state index contributed by atoms with van der Waals surface area (Å²) in [5.41, 5.74) is 1.05. The Bertz CT molecular complexity index is 780. The third kappa shape index (κ3) is 4.23. The van der Waals surface area contributed by atoms with Gasteiger partial charge >= 0.3 is 0 Å². The molecule has 0 radical (unpaired) electrons. The van der Waals surface area contributed by atoms with Gasteiger partial charge in [0.1, 0.15) is 0 Å². The molecule has 1 amide bonds. The van der Waals surface area contributed by atoms with Crippen molar-refractivity contribution in [2.75, 3.05) is 31.1 Å². The van der Waals surface area contributed by atoms with Crippen LogP contribution in [0.25, 0.3) is 0 Å². The molecule has 1 saturated heterocycles. The van der Waals surface area contributed by atoms with Crippen LogP contribution in [0.2, 0.25) is 0 Å². The van der Waals surface area contributed by atoms with Gasteiger partial charge in [-0.25, -0.2) is 9.97 Å². The first-order chi connectivity index (χ1) is 12.0. The number of pyridine rings is 1. The van der Waals surface area contributed by atoms with E-state index in [4.69, 9.17) is 0 Å². The summed E-state index contributed by atoms with van der Waals surface area (Å²) < 4.78 is 0. The van der Waals surface area contributed by atoms with Gasteiger partial charge in [-0.1, -0.05) is 13.8 Å². The van der Waals surface area contributed by atoms with Crippen molar-refractivity contribution in [1.29, 1.82) is 0 Å². The fraction of sp³-hybridized carbons (Fsp3) is 0.444. The van der Waals surface area contributed by atoms with Crippen LogP contribution in [0.1, 0.15) is 29.9 Å². The summed E-state index contributed by atoms with van der Waals surface area (Å²) in [6.07, 6.45) is 4.17. The highest BCUT2D eigenvalue weighted by atomic mass is 16.2. The number of carbonyl (C=O) groups excluding carboxylic acids is 1. The van der Waals surface area contributed by atoms with Crippen LogP contribution in [0.3, 0.4) is 0 Å². The van der Waals surface area contributed by atoms with Crippen LogP contribution >= 0.6 is 0 Å². The monoisotopic (exact) mass is 341 g/mol. The summed E-state index contributed by atoms with van der Waals surface area (Å²) in [5, 5.41) is 0. The molecule has 2 aromatic heterocycles. The summed E-state index contributed by atoms with van der Waals surface area (Å²) in [4.78, 5) is 39.8. The second-order valence-corrected chi connectivity index (χ2v) is 6.68. The molecule has 1 aliphatic heterocycles. The lowest BCUT2D eigenvalue weighted by Gasteiger charge is -2.34. The molecule has 0 atom stereocenters. The Morgan fingerprint density at radius 2 is 1.84 bits per heavy atom. The van der Waals surface area contributed by atoms with Crippen LogP contribution in [-0.4, -0.2) is 51.9 Å². The molecule has 132 valence electrons. The Labute approximate surface area is 146 Å². The van der Waals surface area contributed by atoms with Crippen molar-refractivity contribution in [1.82, 2.24) is 19.9 Å². The van der Waals surface area contributed by atoms with E-state index in [1.54, 1.807) is 29.4 Å². The lowest BCUT2D eigenvalue weighted by atomic mass is 10.1. The number of aromatic amines is 1. The molecule has 3 rings (SSSR count). The van der Waals surface area contributed by atoms with Crippen molar-refractivity contribution in [3.8, 4) is 0 Å². The van der Waals surface area contributed by atoms with Crippen molar-refractivity contribution in [2.45, 2.75) is 20.3 Å². The molecular formula is C18H23N5O2. The van der Waals surface area contributed by atoms with Crippen molar-refractivity contribution in [3.63, 3.8) is 0 Å². The maximum absolute atomic E-state index is 12.8. The minimum absolute atomic E-state index is 0.0928. The minimum atomic E-state index is -0.224. The molecule has 0 unspecified atom stereocenters. The number of piperazine rings is 1. The van der Waals surface area contributed by atoms with E-state index in [1.165, 1.54) is 6.07 Å². The van der Waals surface area contributed by atoms with Crippen LogP contribution in [0.15, 0.2) is 35.4 Å². The highest BCUT2D eigenvalue weighted by Gasteiger charge is 2.24. The molecule has 7 heteroatoms. The second kappa shape index (κ2) is 7.46. The number of carbonyl (C=O) groups is 1. The Morgan fingerprint density at radius 1 is 1.16 bits per heavy atom. The zero-order chi connectivity index (χ0) is 17.8. The molecule has 1 fully saturated rings. The zero-order valence-corrected chi connectivity index (χ0v) is 14.6. The Balaban J connectivity index is 1.68. The predicted octanol–water partition coefficient (Wildman–Crippen LogP) is 1.33. The van der Waals surface area contributed by atoms with Gasteiger partial charge in [0.05, 0.1) is 0 Å². The maximum Gasteiger partial charge on any atom is 0.254 e. The summed E-state index contributed by atoms with van der Waals surface area (Å²) in [6.45, 7) is 6.69. The van der Waals surface area contributed by atoms with Crippen molar-refractivity contribution in [3.05, 3.63) is 52.2 Å². The first-order valence-corrected chi connectivity index (χ1v) is 8.57. The predicted molar refractivity (Wildman–Crippen MR) is 95.8 cm³/mol. The number of aromatic nitrogens is 3. The highest BCUT2D eigenvalue weighted by molar-refractivity contribution is 5.94. The van der Waals surface area contributed by atoms with Gasteiger partial charge in [0.25, 0.3) is 5.91 Å².